The summed E-state index contributed by atoms with van der Waals surface area (Å²) >= 11 is 0.265. The molecule has 0 N–H and O–H groups in total. The SMILES string of the molecule is COC(=O)[C@@H]1C(=O)N(C(C)(C)C)[C@H]2CC[C@H]([Se]c3ccccc3)[C@@H]12. The van der Waals surface area contributed by atoms with E-state index in [9.17, 15) is 9.59 Å². The van der Waals surface area contributed by atoms with Crippen LogP contribution in [0.5, 0.6) is 0 Å². The summed E-state index contributed by atoms with van der Waals surface area (Å²) in [7, 11) is 1.39. The quantitative estimate of drug-likeness (QED) is 0.448. The molecule has 0 radical (unpaired) electrons. The van der Waals surface area contributed by atoms with Crippen LogP contribution in [0.15, 0.2) is 30.3 Å². The summed E-state index contributed by atoms with van der Waals surface area (Å²) in [6, 6.07) is 10.6. The van der Waals surface area contributed by atoms with E-state index in [4.69, 9.17) is 4.74 Å². The molecule has 24 heavy (non-hydrogen) atoms. The first-order valence-corrected chi connectivity index (χ1v) is 10.3. The predicted octanol–water partition coefficient (Wildman–Crippen LogP) is 2.01. The summed E-state index contributed by atoms with van der Waals surface area (Å²) in [6.45, 7) is 6.16. The van der Waals surface area contributed by atoms with Crippen molar-refractivity contribution < 1.29 is 14.3 Å². The van der Waals surface area contributed by atoms with Gasteiger partial charge in [-0.15, -0.1) is 0 Å². The summed E-state index contributed by atoms with van der Waals surface area (Å²) < 4.78 is 6.33. The van der Waals surface area contributed by atoms with Crippen molar-refractivity contribution in [2.45, 2.75) is 50.0 Å². The standard InChI is InChI=1S/C19H25NO3Se/c1-19(2,3)20-13-10-11-14(24-12-8-6-5-7-9-12)15(13)16(17(20)21)18(22)23-4/h5-9,13-16H,10-11H2,1-4H3/t13-,14-,15-,16-/m0/s1. The second-order valence-electron chi connectivity index (χ2n) is 7.57. The average Bonchev–Trinajstić information content (AvgIpc) is 3.04. The Hall–Kier alpha value is -1.32. The number of ether oxygens (including phenoxy) is 1. The maximum atomic E-state index is 13.0. The number of carbonyl (C=O) groups is 2. The number of benzene rings is 1. The number of likely N-dealkylation sites (tertiary alicyclic amines) is 1. The van der Waals surface area contributed by atoms with E-state index in [2.05, 4.69) is 45.0 Å². The van der Waals surface area contributed by atoms with E-state index < -0.39 is 5.92 Å². The number of esters is 1. The zero-order valence-corrected chi connectivity index (χ0v) is 16.4. The Morgan fingerprint density at radius 3 is 2.46 bits per heavy atom. The van der Waals surface area contributed by atoms with Crippen molar-refractivity contribution in [3.05, 3.63) is 30.3 Å². The predicted molar refractivity (Wildman–Crippen MR) is 94.2 cm³/mol. The number of carbonyl (C=O) groups excluding carboxylic acids is 2. The first-order chi connectivity index (χ1) is 11.3. The third-order valence-corrected chi connectivity index (χ3v) is 7.98. The maximum absolute atomic E-state index is 13.0. The van der Waals surface area contributed by atoms with E-state index in [1.165, 1.54) is 11.6 Å². The summed E-state index contributed by atoms with van der Waals surface area (Å²) in [5.41, 5.74) is -0.266. The number of methoxy groups -OCH3 is 1. The molecule has 2 fully saturated rings. The number of amides is 1. The van der Waals surface area contributed by atoms with Crippen molar-refractivity contribution in [3.63, 3.8) is 0 Å². The van der Waals surface area contributed by atoms with Crippen LogP contribution in [-0.4, -0.2) is 50.4 Å². The number of hydrogen-bond donors (Lipinski definition) is 0. The molecular formula is C19H25NO3Se. The molecule has 0 unspecified atom stereocenters. The Bertz CT molecular complexity index is 625. The molecule has 0 bridgehead atoms. The van der Waals surface area contributed by atoms with Crippen LogP contribution in [0.2, 0.25) is 4.82 Å². The van der Waals surface area contributed by atoms with Crippen LogP contribution >= 0.6 is 0 Å². The molecule has 5 heteroatoms. The Balaban J connectivity index is 1.91. The molecule has 1 heterocycles. The molecule has 2 aliphatic rings. The minimum absolute atomic E-state index is 0.0436. The number of nitrogens with zero attached hydrogens (tertiary/aromatic N) is 1. The van der Waals surface area contributed by atoms with Gasteiger partial charge in [-0.25, -0.2) is 0 Å². The van der Waals surface area contributed by atoms with Gasteiger partial charge in [0.2, 0.25) is 0 Å². The molecule has 1 aliphatic carbocycles. The Morgan fingerprint density at radius 1 is 1.21 bits per heavy atom. The van der Waals surface area contributed by atoms with E-state index in [-0.39, 0.29) is 44.3 Å². The zero-order chi connectivity index (χ0) is 17.5. The van der Waals surface area contributed by atoms with Crippen molar-refractivity contribution in [1.29, 1.82) is 0 Å². The van der Waals surface area contributed by atoms with Crippen molar-refractivity contribution >= 4 is 31.3 Å². The van der Waals surface area contributed by atoms with Crippen molar-refractivity contribution in [2.75, 3.05) is 7.11 Å². The molecule has 1 aromatic carbocycles. The van der Waals surface area contributed by atoms with Gasteiger partial charge >= 0.3 is 150 Å². The van der Waals surface area contributed by atoms with E-state index >= 15 is 0 Å². The van der Waals surface area contributed by atoms with Gasteiger partial charge in [0, 0.05) is 0 Å². The third kappa shape index (κ3) is 3.00. The second kappa shape index (κ2) is 6.53. The van der Waals surface area contributed by atoms with Crippen LogP contribution in [0.1, 0.15) is 33.6 Å². The number of fused-ring (bicyclic) bond motifs is 1. The molecule has 4 nitrogen and oxygen atoms in total. The molecule has 1 aromatic rings. The molecule has 1 saturated heterocycles. The molecule has 1 saturated carbocycles. The molecular weight excluding hydrogens is 369 g/mol. The van der Waals surface area contributed by atoms with Crippen molar-refractivity contribution in [3.8, 4) is 0 Å². The molecule has 1 aliphatic heterocycles. The minimum atomic E-state index is -0.627. The number of hydrogen-bond acceptors (Lipinski definition) is 3. The summed E-state index contributed by atoms with van der Waals surface area (Å²) in [4.78, 5) is 27.7. The van der Waals surface area contributed by atoms with Crippen molar-refractivity contribution in [1.82, 2.24) is 4.90 Å². The van der Waals surface area contributed by atoms with Gasteiger partial charge in [0.05, 0.1) is 0 Å². The molecule has 3 rings (SSSR count). The van der Waals surface area contributed by atoms with E-state index in [0.717, 1.165) is 12.8 Å². The van der Waals surface area contributed by atoms with E-state index in [0.29, 0.717) is 4.82 Å². The van der Waals surface area contributed by atoms with Crippen LogP contribution in [0.25, 0.3) is 0 Å². The number of rotatable bonds is 3. The molecule has 1 amide bonds. The normalized spacial score (nSPS) is 29.7. The first-order valence-electron chi connectivity index (χ1n) is 8.47. The first kappa shape index (κ1) is 17.5. The Morgan fingerprint density at radius 2 is 1.88 bits per heavy atom. The zero-order valence-electron chi connectivity index (χ0n) is 14.7. The average molecular weight is 394 g/mol. The van der Waals surface area contributed by atoms with Gasteiger partial charge in [0.1, 0.15) is 0 Å². The summed E-state index contributed by atoms with van der Waals surface area (Å²) in [5.74, 6) is -0.947. The van der Waals surface area contributed by atoms with Gasteiger partial charge in [-0.3, -0.25) is 0 Å². The van der Waals surface area contributed by atoms with Crippen LogP contribution in [0.4, 0.5) is 0 Å². The van der Waals surface area contributed by atoms with Gasteiger partial charge < -0.3 is 0 Å². The fourth-order valence-electron chi connectivity index (χ4n) is 4.21. The molecule has 130 valence electrons. The molecule has 4 atom stereocenters. The van der Waals surface area contributed by atoms with Crippen LogP contribution in [-0.2, 0) is 14.3 Å². The molecule has 0 spiro atoms. The fourth-order valence-corrected chi connectivity index (χ4v) is 7.17. The van der Waals surface area contributed by atoms with E-state index in [1.54, 1.807) is 0 Å². The van der Waals surface area contributed by atoms with Gasteiger partial charge in [0.25, 0.3) is 0 Å². The second-order valence-corrected chi connectivity index (χ2v) is 10.3. The van der Waals surface area contributed by atoms with Gasteiger partial charge in [-0.2, -0.15) is 0 Å². The molecule has 0 aromatic heterocycles. The Kier molecular flexibility index (Phi) is 4.76. The van der Waals surface area contributed by atoms with Crippen LogP contribution in [0, 0.1) is 11.8 Å². The summed E-state index contributed by atoms with van der Waals surface area (Å²) in [5, 5.41) is 0. The van der Waals surface area contributed by atoms with E-state index in [1.807, 2.05) is 11.0 Å². The van der Waals surface area contributed by atoms with Crippen LogP contribution in [0.3, 0.4) is 0 Å². The third-order valence-electron chi connectivity index (χ3n) is 5.05. The van der Waals surface area contributed by atoms with Gasteiger partial charge in [0.15, 0.2) is 0 Å². The summed E-state index contributed by atoms with van der Waals surface area (Å²) in [6.07, 6.45) is 2.07. The Labute approximate surface area is 150 Å². The topological polar surface area (TPSA) is 46.6 Å². The monoisotopic (exact) mass is 395 g/mol. The van der Waals surface area contributed by atoms with Gasteiger partial charge in [-0.05, 0) is 0 Å². The van der Waals surface area contributed by atoms with Gasteiger partial charge in [-0.1, -0.05) is 0 Å². The van der Waals surface area contributed by atoms with Crippen LogP contribution < -0.4 is 4.46 Å². The fraction of sp³-hybridized carbons (Fsp3) is 0.579. The van der Waals surface area contributed by atoms with Crippen molar-refractivity contribution in [2.24, 2.45) is 11.8 Å².